The number of aromatic nitrogens is 3. The number of benzene rings is 5. The number of fused-ring (bicyclic) bond motifs is 14. The van der Waals surface area contributed by atoms with E-state index in [1.54, 1.807) is 24.3 Å². The zero-order valence-corrected chi connectivity index (χ0v) is 36.9. The smallest absolute Gasteiger partial charge is 0.462 e. The first kappa shape index (κ1) is 39.7. The van der Waals surface area contributed by atoms with Gasteiger partial charge in [-0.05, 0) is 153 Å². The van der Waals surface area contributed by atoms with Gasteiger partial charge >= 0.3 is 7.60 Å². The summed E-state index contributed by atoms with van der Waals surface area (Å²) in [5.41, 5.74) is 7.05. The Kier molecular flexibility index (Phi) is 8.82. The molecule has 320 valence electrons. The molecule has 3 aliphatic rings. The lowest BCUT2D eigenvalue weighted by molar-refractivity contribution is 0.383. The van der Waals surface area contributed by atoms with Gasteiger partial charge in [-0.2, -0.15) is 0 Å². The molecule has 5 aromatic carbocycles. The first-order valence-corrected chi connectivity index (χ1v) is 23.3. The molecule has 11 rings (SSSR count). The summed E-state index contributed by atoms with van der Waals surface area (Å²) in [6.07, 6.45) is 2.95. The van der Waals surface area contributed by atoms with Gasteiger partial charge in [-0.3, -0.25) is 0 Å². The number of rotatable bonds is 3. The van der Waals surface area contributed by atoms with Gasteiger partial charge in [-0.15, -0.1) is 0 Å². The average Bonchev–Trinajstić information content (AvgIpc) is 4.16. The van der Waals surface area contributed by atoms with Crippen LogP contribution in [0.4, 0.5) is 0 Å². The van der Waals surface area contributed by atoms with Crippen molar-refractivity contribution in [3.05, 3.63) is 232 Å². The van der Waals surface area contributed by atoms with Gasteiger partial charge < -0.3 is 39.5 Å². The van der Waals surface area contributed by atoms with Crippen molar-refractivity contribution < 1.29 is 23.8 Å². The van der Waals surface area contributed by atoms with Crippen molar-refractivity contribution in [3.8, 4) is 23.0 Å². The van der Waals surface area contributed by atoms with Gasteiger partial charge in [0, 0.05) is 45.9 Å². The van der Waals surface area contributed by atoms with Crippen LogP contribution in [0.3, 0.4) is 0 Å². The SMILES string of the molecule is CC1(c2cccc(O)c2)C2=CCC(N2)C2(C)c3cccc(c3)OP(=O)(c3ccccc3)Oc3cccc(c3)C(C)(c3ccc([nH]3)C(C)(c3cccc(O)c3)c3ccc1[nH]3)c1ccc2[nH]1. The normalized spacial score (nSPS) is 26.9. The summed E-state index contributed by atoms with van der Waals surface area (Å²) in [4.78, 5) is 11.9. The lowest BCUT2D eigenvalue weighted by atomic mass is 9.72. The van der Waals surface area contributed by atoms with Crippen molar-refractivity contribution in [2.75, 3.05) is 0 Å². The number of nitrogens with one attached hydrogen (secondary N) is 4. The van der Waals surface area contributed by atoms with Gasteiger partial charge in [0.2, 0.25) is 0 Å². The van der Waals surface area contributed by atoms with E-state index < -0.39 is 29.3 Å². The molecule has 64 heavy (non-hydrogen) atoms. The molecule has 6 heterocycles. The second-order valence-electron chi connectivity index (χ2n) is 18.2. The van der Waals surface area contributed by atoms with E-state index in [0.717, 1.165) is 62.1 Å². The van der Waals surface area contributed by atoms with E-state index >= 15 is 4.57 Å². The van der Waals surface area contributed by atoms with Gasteiger partial charge in [0.25, 0.3) is 0 Å². The maximum atomic E-state index is 15.4. The zero-order chi connectivity index (χ0) is 44.1. The number of allylic oxidation sites excluding steroid dienone is 1. The summed E-state index contributed by atoms with van der Waals surface area (Å²) in [6.45, 7) is 8.81. The van der Waals surface area contributed by atoms with Crippen LogP contribution in [0, 0.1) is 0 Å². The molecule has 3 aromatic heterocycles. The second kappa shape index (κ2) is 14.2. The third kappa shape index (κ3) is 5.87. The van der Waals surface area contributed by atoms with Crippen LogP contribution < -0.4 is 19.7 Å². The van der Waals surface area contributed by atoms with Crippen molar-refractivity contribution >= 4 is 12.9 Å². The Bertz CT molecular complexity index is 3190. The number of aromatic hydroxyl groups is 2. The molecule has 9 nitrogen and oxygen atoms in total. The van der Waals surface area contributed by atoms with Crippen LogP contribution in [0.2, 0.25) is 0 Å². The monoisotopic (exact) mass is 864 g/mol. The van der Waals surface area contributed by atoms with Gasteiger partial charge in [0.15, 0.2) is 0 Å². The Morgan fingerprint density at radius 3 is 1.48 bits per heavy atom. The maximum absolute atomic E-state index is 15.4. The molecule has 6 N–H and O–H groups in total. The molecule has 0 saturated carbocycles. The standard InChI is InChI=1S/C54H49N4O5P/c1-51(34-12-8-16-38(59)30-34)43-22-23-44(55-43)52(2,35-13-9-17-39(60)31-35)46-25-27-48(57-46)54(4)37-15-11-19-41(33-37)63-64(61,42-20-6-5-7-21-42)62-40-18-10-14-36(32-40)53(3,47-26-24-45(51)56-47)49-28-29-50(54)58-49/h5-26,28-33,48,55-60H,27H2,1-4H3. The number of hydrogen-bond donors (Lipinski definition) is 6. The third-order valence-corrected chi connectivity index (χ3v) is 16.5. The second-order valence-corrected chi connectivity index (χ2v) is 20.0. The molecule has 0 aliphatic carbocycles. The first-order valence-electron chi connectivity index (χ1n) is 21.7. The van der Waals surface area contributed by atoms with Crippen LogP contribution in [-0.4, -0.2) is 31.2 Å². The van der Waals surface area contributed by atoms with E-state index in [2.05, 4.69) is 109 Å². The van der Waals surface area contributed by atoms with Crippen LogP contribution >= 0.6 is 7.60 Å². The maximum Gasteiger partial charge on any atom is 0.462 e. The minimum Gasteiger partial charge on any atom is -0.508 e. The van der Waals surface area contributed by atoms with Crippen LogP contribution in [0.15, 0.2) is 176 Å². The summed E-state index contributed by atoms with van der Waals surface area (Å²) < 4.78 is 28.6. The van der Waals surface area contributed by atoms with Gasteiger partial charge in [-0.25, -0.2) is 4.57 Å². The predicted octanol–water partition coefficient (Wildman–Crippen LogP) is 11.0. The molecule has 14 bridgehead atoms. The highest BCUT2D eigenvalue weighted by Gasteiger charge is 2.48. The number of aromatic amines is 3. The highest BCUT2D eigenvalue weighted by Crippen LogP contribution is 2.53. The topological polar surface area (TPSA) is 135 Å². The number of hydrogen-bond acceptors (Lipinski definition) is 6. The average molecular weight is 865 g/mol. The molecular formula is C54H49N4O5P. The summed E-state index contributed by atoms with van der Waals surface area (Å²) in [5.74, 6) is 1.17. The molecule has 6 unspecified atom stereocenters. The minimum absolute atomic E-state index is 0.166. The highest BCUT2D eigenvalue weighted by molar-refractivity contribution is 7.63. The molecule has 0 spiro atoms. The van der Waals surface area contributed by atoms with Gasteiger partial charge in [0.1, 0.15) is 23.0 Å². The quantitative estimate of drug-likeness (QED) is 0.0979. The fourth-order valence-electron chi connectivity index (χ4n) is 10.5. The number of phenolic OH excluding ortho intramolecular Hbond substituents is 2. The van der Waals surface area contributed by atoms with Crippen LogP contribution in [0.1, 0.15) is 90.5 Å². The lowest BCUT2D eigenvalue weighted by Gasteiger charge is -2.40. The molecular weight excluding hydrogens is 816 g/mol. The molecule has 3 aliphatic heterocycles. The highest BCUT2D eigenvalue weighted by atomic mass is 31.2. The van der Waals surface area contributed by atoms with E-state index in [-0.39, 0.29) is 17.5 Å². The lowest BCUT2D eigenvalue weighted by Crippen LogP contribution is -2.47. The third-order valence-electron chi connectivity index (χ3n) is 14.6. The van der Waals surface area contributed by atoms with E-state index in [1.807, 2.05) is 84.9 Å². The molecule has 0 saturated heterocycles. The molecule has 0 radical (unpaired) electrons. The van der Waals surface area contributed by atoms with E-state index in [4.69, 9.17) is 9.05 Å². The predicted molar refractivity (Wildman–Crippen MR) is 250 cm³/mol. The van der Waals surface area contributed by atoms with Gasteiger partial charge in [-0.1, -0.05) is 72.8 Å². The Labute approximate surface area is 372 Å². The Morgan fingerprint density at radius 2 is 0.938 bits per heavy atom. The molecule has 6 atom stereocenters. The molecule has 8 aromatic rings. The number of phenols is 2. The van der Waals surface area contributed by atoms with Crippen molar-refractivity contribution in [1.29, 1.82) is 0 Å². The summed E-state index contributed by atoms with van der Waals surface area (Å²) >= 11 is 0. The summed E-state index contributed by atoms with van der Waals surface area (Å²) in [5, 5.41) is 26.4. The fourth-order valence-corrected chi connectivity index (χ4v) is 12.1. The largest absolute Gasteiger partial charge is 0.508 e. The van der Waals surface area contributed by atoms with Crippen molar-refractivity contribution in [3.63, 3.8) is 0 Å². The number of H-pyrrole nitrogens is 3. The van der Waals surface area contributed by atoms with Crippen LogP contribution in [0.5, 0.6) is 23.0 Å². The summed E-state index contributed by atoms with van der Waals surface area (Å²) in [6, 6.07) is 52.5. The van der Waals surface area contributed by atoms with Crippen molar-refractivity contribution in [2.24, 2.45) is 0 Å². The Morgan fingerprint density at radius 1 is 0.500 bits per heavy atom. The minimum atomic E-state index is -4.03. The van der Waals surface area contributed by atoms with Crippen molar-refractivity contribution in [2.45, 2.75) is 61.8 Å². The molecule has 0 fully saturated rings. The van der Waals surface area contributed by atoms with E-state index in [0.29, 0.717) is 23.2 Å². The zero-order valence-electron chi connectivity index (χ0n) is 36.0. The summed E-state index contributed by atoms with van der Waals surface area (Å²) in [7, 11) is -4.03. The van der Waals surface area contributed by atoms with Crippen LogP contribution in [-0.2, 0) is 26.2 Å². The fraction of sp³-hybridized carbons (Fsp3) is 0.185. The first-order chi connectivity index (χ1) is 30.8. The molecule has 0 amide bonds. The van der Waals surface area contributed by atoms with E-state index in [9.17, 15) is 10.2 Å². The Balaban J connectivity index is 1.22. The van der Waals surface area contributed by atoms with E-state index in [1.165, 1.54) is 0 Å². The van der Waals surface area contributed by atoms with Gasteiger partial charge in [0.05, 0.1) is 27.0 Å². The van der Waals surface area contributed by atoms with Crippen molar-refractivity contribution in [1.82, 2.24) is 20.3 Å². The van der Waals surface area contributed by atoms with Crippen LogP contribution in [0.25, 0.3) is 0 Å². The molecule has 10 heteroatoms. The Hall–Kier alpha value is -7.09.